The predicted molar refractivity (Wildman–Crippen MR) is 65.4 cm³/mol. The van der Waals surface area contributed by atoms with Gasteiger partial charge >= 0.3 is 5.97 Å². The summed E-state index contributed by atoms with van der Waals surface area (Å²) >= 11 is 1.16. The maximum atomic E-state index is 10.7. The number of carbonyl (C=O) groups is 1. The summed E-state index contributed by atoms with van der Waals surface area (Å²) in [6.07, 6.45) is 7.66. The van der Waals surface area contributed by atoms with Crippen LogP contribution in [-0.4, -0.2) is 22.2 Å². The molecule has 1 aromatic heterocycles. The molecule has 0 aromatic carbocycles. The first-order valence-electron chi connectivity index (χ1n) is 6.05. The summed E-state index contributed by atoms with van der Waals surface area (Å²) in [5.41, 5.74) is 0.733. The van der Waals surface area contributed by atoms with Crippen molar-refractivity contribution in [3.8, 4) is 0 Å². The van der Waals surface area contributed by atoms with Crippen molar-refractivity contribution in [2.75, 3.05) is 0 Å². The van der Waals surface area contributed by atoms with Gasteiger partial charge in [0, 0.05) is 5.38 Å². The minimum absolute atomic E-state index is 0.143. The van der Waals surface area contributed by atoms with Crippen molar-refractivity contribution in [3.63, 3.8) is 0 Å². The summed E-state index contributed by atoms with van der Waals surface area (Å²) in [4.78, 5) is 14.7. The lowest BCUT2D eigenvalue weighted by molar-refractivity contribution is 0.0294. The van der Waals surface area contributed by atoms with Crippen LogP contribution in [0.25, 0.3) is 0 Å². The van der Waals surface area contributed by atoms with Crippen LogP contribution >= 0.6 is 11.3 Å². The van der Waals surface area contributed by atoms with Crippen molar-refractivity contribution in [3.05, 3.63) is 16.1 Å². The summed E-state index contributed by atoms with van der Waals surface area (Å²) in [6, 6.07) is 0. The third kappa shape index (κ3) is 3.78. The van der Waals surface area contributed by atoms with E-state index in [-0.39, 0.29) is 5.01 Å². The number of rotatable bonds is 4. The van der Waals surface area contributed by atoms with Gasteiger partial charge in [-0.2, -0.15) is 0 Å². The second kappa shape index (κ2) is 6.12. The number of carboxylic acid groups (broad SMARTS) is 1. The molecule has 1 fully saturated rings. The van der Waals surface area contributed by atoms with Crippen LogP contribution in [-0.2, 0) is 11.3 Å². The third-order valence-corrected chi connectivity index (χ3v) is 3.88. The van der Waals surface area contributed by atoms with Crippen molar-refractivity contribution in [2.24, 2.45) is 0 Å². The molecule has 1 saturated carbocycles. The molecule has 1 aromatic rings. The van der Waals surface area contributed by atoms with Crippen LogP contribution in [0.1, 0.15) is 54.0 Å². The topological polar surface area (TPSA) is 59.4 Å². The van der Waals surface area contributed by atoms with E-state index in [0.29, 0.717) is 12.7 Å². The van der Waals surface area contributed by atoms with Gasteiger partial charge in [-0.3, -0.25) is 0 Å². The monoisotopic (exact) mass is 255 g/mol. The Morgan fingerprint density at radius 2 is 2.12 bits per heavy atom. The van der Waals surface area contributed by atoms with E-state index in [9.17, 15) is 4.79 Å². The van der Waals surface area contributed by atoms with Gasteiger partial charge in [-0.15, -0.1) is 11.3 Å². The molecule has 94 valence electrons. The number of hydrogen-bond donors (Lipinski definition) is 1. The molecular weight excluding hydrogens is 238 g/mol. The summed E-state index contributed by atoms with van der Waals surface area (Å²) in [5, 5.41) is 10.7. The van der Waals surface area contributed by atoms with Crippen LogP contribution in [0.5, 0.6) is 0 Å². The summed E-state index contributed by atoms with van der Waals surface area (Å²) in [7, 11) is 0. The molecule has 0 amide bonds. The average molecular weight is 255 g/mol. The van der Waals surface area contributed by atoms with Gasteiger partial charge in [0.05, 0.1) is 18.4 Å². The molecule has 1 aliphatic rings. The number of aromatic nitrogens is 1. The molecular formula is C12H17NO3S. The van der Waals surface area contributed by atoms with E-state index in [1.165, 1.54) is 25.7 Å². The number of carboxylic acids is 1. The van der Waals surface area contributed by atoms with Gasteiger partial charge in [-0.05, 0) is 12.8 Å². The fourth-order valence-electron chi connectivity index (χ4n) is 2.08. The van der Waals surface area contributed by atoms with Crippen LogP contribution in [0.15, 0.2) is 5.38 Å². The molecule has 2 rings (SSSR count). The second-order valence-corrected chi connectivity index (χ2v) is 5.23. The van der Waals surface area contributed by atoms with Crippen molar-refractivity contribution in [1.82, 2.24) is 4.98 Å². The lowest BCUT2D eigenvalue weighted by Gasteiger charge is -2.14. The SMILES string of the molecule is O=C(O)c1nc(COC2CCCCCC2)cs1. The van der Waals surface area contributed by atoms with Crippen LogP contribution < -0.4 is 0 Å². The molecule has 1 heterocycles. The molecule has 1 aliphatic carbocycles. The van der Waals surface area contributed by atoms with E-state index >= 15 is 0 Å². The Morgan fingerprint density at radius 1 is 1.41 bits per heavy atom. The molecule has 0 spiro atoms. The highest BCUT2D eigenvalue weighted by Crippen LogP contribution is 2.21. The Morgan fingerprint density at radius 3 is 2.71 bits per heavy atom. The Kier molecular flexibility index (Phi) is 4.50. The van der Waals surface area contributed by atoms with E-state index in [1.807, 2.05) is 0 Å². The minimum atomic E-state index is -0.962. The van der Waals surface area contributed by atoms with Crippen molar-refractivity contribution in [1.29, 1.82) is 0 Å². The zero-order valence-corrected chi connectivity index (χ0v) is 10.5. The Bertz CT molecular complexity index is 370. The van der Waals surface area contributed by atoms with E-state index in [1.54, 1.807) is 5.38 Å². The Hall–Kier alpha value is -0.940. The first-order valence-corrected chi connectivity index (χ1v) is 6.93. The predicted octanol–water partition coefficient (Wildman–Crippen LogP) is 3.08. The maximum Gasteiger partial charge on any atom is 0.365 e. The summed E-state index contributed by atoms with van der Waals surface area (Å²) in [5.74, 6) is -0.962. The first-order chi connectivity index (χ1) is 8.25. The lowest BCUT2D eigenvalue weighted by atomic mass is 10.1. The molecule has 0 radical (unpaired) electrons. The van der Waals surface area contributed by atoms with Gasteiger partial charge in [0.15, 0.2) is 0 Å². The first kappa shape index (κ1) is 12.5. The van der Waals surface area contributed by atoms with Crippen molar-refractivity contribution in [2.45, 2.75) is 51.2 Å². The quantitative estimate of drug-likeness (QED) is 0.840. The average Bonchev–Trinajstić information content (AvgIpc) is 2.63. The maximum absolute atomic E-state index is 10.7. The van der Waals surface area contributed by atoms with Gasteiger partial charge < -0.3 is 9.84 Å². The number of aromatic carboxylic acids is 1. The van der Waals surface area contributed by atoms with E-state index in [2.05, 4.69) is 4.98 Å². The minimum Gasteiger partial charge on any atom is -0.476 e. The zero-order chi connectivity index (χ0) is 12.1. The molecule has 0 unspecified atom stereocenters. The highest BCUT2D eigenvalue weighted by Gasteiger charge is 2.14. The summed E-state index contributed by atoms with van der Waals surface area (Å²) < 4.78 is 5.79. The molecule has 4 nitrogen and oxygen atoms in total. The van der Waals surface area contributed by atoms with E-state index in [0.717, 1.165) is 29.9 Å². The van der Waals surface area contributed by atoms with Crippen LogP contribution in [0.3, 0.4) is 0 Å². The Balaban J connectivity index is 1.81. The van der Waals surface area contributed by atoms with E-state index < -0.39 is 5.97 Å². The van der Waals surface area contributed by atoms with Crippen LogP contribution in [0, 0.1) is 0 Å². The number of ether oxygens (including phenoxy) is 1. The van der Waals surface area contributed by atoms with Crippen LogP contribution in [0.4, 0.5) is 0 Å². The molecule has 17 heavy (non-hydrogen) atoms. The smallest absolute Gasteiger partial charge is 0.365 e. The van der Waals surface area contributed by atoms with Crippen LogP contribution in [0.2, 0.25) is 0 Å². The number of thiazole rings is 1. The molecule has 5 heteroatoms. The van der Waals surface area contributed by atoms with E-state index in [4.69, 9.17) is 9.84 Å². The van der Waals surface area contributed by atoms with Crippen molar-refractivity contribution >= 4 is 17.3 Å². The molecule has 0 saturated heterocycles. The van der Waals surface area contributed by atoms with Gasteiger partial charge in [0.2, 0.25) is 5.01 Å². The van der Waals surface area contributed by atoms with Gasteiger partial charge in [-0.25, -0.2) is 9.78 Å². The number of hydrogen-bond acceptors (Lipinski definition) is 4. The largest absolute Gasteiger partial charge is 0.476 e. The summed E-state index contributed by atoms with van der Waals surface area (Å²) in [6.45, 7) is 0.439. The van der Waals surface area contributed by atoms with Gasteiger partial charge in [0.1, 0.15) is 0 Å². The van der Waals surface area contributed by atoms with Gasteiger partial charge in [0.25, 0.3) is 0 Å². The third-order valence-electron chi connectivity index (χ3n) is 3.00. The zero-order valence-electron chi connectivity index (χ0n) is 9.72. The standard InChI is InChI=1S/C12H17NO3S/c14-12(15)11-13-9(8-17-11)7-16-10-5-3-1-2-4-6-10/h8,10H,1-7H2,(H,14,15). The lowest BCUT2D eigenvalue weighted by Crippen LogP contribution is -2.11. The fourth-order valence-corrected chi connectivity index (χ4v) is 2.72. The normalized spacial score (nSPS) is 17.9. The molecule has 0 bridgehead atoms. The molecule has 0 atom stereocenters. The molecule has 1 N–H and O–H groups in total. The molecule has 0 aliphatic heterocycles. The second-order valence-electron chi connectivity index (χ2n) is 4.37. The highest BCUT2D eigenvalue weighted by atomic mass is 32.1. The Labute approximate surface area is 105 Å². The van der Waals surface area contributed by atoms with Crippen molar-refractivity contribution < 1.29 is 14.6 Å². The van der Waals surface area contributed by atoms with Gasteiger partial charge in [-0.1, -0.05) is 25.7 Å². The highest BCUT2D eigenvalue weighted by molar-refractivity contribution is 7.11. The fraction of sp³-hybridized carbons (Fsp3) is 0.667. The number of nitrogens with zero attached hydrogens (tertiary/aromatic N) is 1.